The highest BCUT2D eigenvalue weighted by Crippen LogP contribution is 2.28. The predicted molar refractivity (Wildman–Crippen MR) is 195 cm³/mol. The number of aliphatic carboxylic acids is 1. The van der Waals surface area contributed by atoms with E-state index < -0.39 is 12.1 Å². The Morgan fingerprint density at radius 2 is 1.42 bits per heavy atom. The number of nitrogens with zero attached hydrogens (tertiary/aromatic N) is 1. The van der Waals surface area contributed by atoms with E-state index >= 15 is 0 Å². The van der Waals surface area contributed by atoms with E-state index in [4.69, 9.17) is 15.6 Å². The fourth-order valence-electron chi connectivity index (χ4n) is 5.95. The molecule has 4 aromatic rings. The molecule has 0 bridgehead atoms. The molecule has 0 unspecified atom stereocenters. The average Bonchev–Trinajstić information content (AvgIpc) is 3.16. The minimum atomic E-state index is -5.08. The molecule has 2 amide bonds. The number of aromatic hydroxyl groups is 1. The fourth-order valence-corrected chi connectivity index (χ4v) is 5.95. The van der Waals surface area contributed by atoms with Crippen molar-refractivity contribution in [3.8, 4) is 16.9 Å². The van der Waals surface area contributed by atoms with Gasteiger partial charge in [0.1, 0.15) is 5.75 Å². The summed E-state index contributed by atoms with van der Waals surface area (Å²) < 4.78 is 31.7. The number of benzene rings is 4. The molecule has 8 nitrogen and oxygen atoms in total. The summed E-state index contributed by atoms with van der Waals surface area (Å²) in [6, 6.07) is 32.8. The van der Waals surface area contributed by atoms with Crippen LogP contribution in [0.25, 0.3) is 17.2 Å². The van der Waals surface area contributed by atoms with Gasteiger partial charge in [-0.2, -0.15) is 13.2 Å². The van der Waals surface area contributed by atoms with Gasteiger partial charge in [0.15, 0.2) is 0 Å². The first kappa shape index (κ1) is 39.4. The largest absolute Gasteiger partial charge is 0.508 e. The van der Waals surface area contributed by atoms with Crippen LogP contribution in [0.2, 0.25) is 0 Å². The van der Waals surface area contributed by atoms with E-state index in [1.165, 1.54) is 0 Å². The van der Waals surface area contributed by atoms with Crippen molar-refractivity contribution in [2.75, 3.05) is 19.6 Å². The lowest BCUT2D eigenvalue weighted by molar-refractivity contribution is -0.192. The molecule has 0 aliphatic heterocycles. The van der Waals surface area contributed by atoms with Gasteiger partial charge in [0.2, 0.25) is 5.91 Å². The van der Waals surface area contributed by atoms with Crippen LogP contribution in [0.15, 0.2) is 109 Å². The van der Waals surface area contributed by atoms with E-state index in [-0.39, 0.29) is 17.6 Å². The molecule has 4 aromatic carbocycles. The highest BCUT2D eigenvalue weighted by Gasteiger charge is 2.38. The Labute approximate surface area is 301 Å². The zero-order chi connectivity index (χ0) is 37.5. The minimum absolute atomic E-state index is 0.0508. The van der Waals surface area contributed by atoms with Crippen LogP contribution in [-0.2, 0) is 22.6 Å². The third kappa shape index (κ3) is 12.7. The van der Waals surface area contributed by atoms with Crippen molar-refractivity contribution >= 4 is 23.9 Å². The van der Waals surface area contributed by atoms with Crippen molar-refractivity contribution in [1.82, 2.24) is 10.2 Å². The third-order valence-corrected chi connectivity index (χ3v) is 8.99. The number of phenols is 1. The molecule has 274 valence electrons. The Balaban J connectivity index is 0.000000785. The first-order chi connectivity index (χ1) is 24.9. The second-order valence-corrected chi connectivity index (χ2v) is 12.8. The van der Waals surface area contributed by atoms with Gasteiger partial charge in [-0.25, -0.2) is 4.79 Å². The second kappa shape index (κ2) is 19.3. The molecular weight excluding hydrogens is 671 g/mol. The van der Waals surface area contributed by atoms with Crippen LogP contribution in [0.3, 0.4) is 0 Å². The molecule has 52 heavy (non-hydrogen) atoms. The lowest BCUT2D eigenvalue weighted by atomic mass is 9.82. The van der Waals surface area contributed by atoms with Crippen LogP contribution in [0.5, 0.6) is 5.75 Å². The number of hydrogen-bond donors (Lipinski definition) is 4. The maximum atomic E-state index is 13.4. The van der Waals surface area contributed by atoms with Crippen LogP contribution in [0, 0.1) is 11.8 Å². The number of alkyl halides is 3. The summed E-state index contributed by atoms with van der Waals surface area (Å²) in [6.07, 6.45) is 3.57. The minimum Gasteiger partial charge on any atom is -0.508 e. The summed E-state index contributed by atoms with van der Waals surface area (Å²) in [4.78, 5) is 37.2. The maximum Gasteiger partial charge on any atom is 0.490 e. The van der Waals surface area contributed by atoms with E-state index in [9.17, 15) is 27.9 Å². The number of phenolic OH excluding ortho intramolecular Hbond substituents is 1. The van der Waals surface area contributed by atoms with Gasteiger partial charge in [-0.05, 0) is 115 Å². The Morgan fingerprint density at radius 1 is 0.808 bits per heavy atom. The molecule has 1 fully saturated rings. The topological polar surface area (TPSA) is 133 Å². The number of rotatable bonds is 12. The SMILES string of the molecule is NCC1CCC(CNC(=O)c2cccc(-c3cccc(CN(CCc4ccc(O)cc4)C(=O)C=Cc4ccccc4)c3)c2)CC1.O=C(O)C(F)(F)F. The lowest BCUT2D eigenvalue weighted by Gasteiger charge is -2.27. The number of carbonyl (C=O) groups is 3. The number of carboxylic acids is 1. The fraction of sp³-hybridized carbons (Fsp3) is 0.293. The standard InChI is InChI=1S/C39H43N3O3.C2HF3O2/c40-26-31-12-14-32(15-13-31)27-41-39(45)36-11-5-10-35(25-36)34-9-4-8-33(24-34)28-42(23-22-30-16-19-37(43)20-17-30)38(44)21-18-29-6-2-1-3-7-29;3-2(4,5)1(6)7/h1-11,16-21,24-25,31-32,43H,12-15,22-23,26-28,40H2,(H,41,45);(H,6,7). The van der Waals surface area contributed by atoms with Crippen molar-refractivity contribution in [3.63, 3.8) is 0 Å². The Kier molecular flexibility index (Phi) is 14.6. The molecule has 1 aliphatic rings. The zero-order valence-corrected chi connectivity index (χ0v) is 28.8. The summed E-state index contributed by atoms with van der Waals surface area (Å²) in [5, 5.41) is 19.9. The van der Waals surface area contributed by atoms with E-state index in [1.54, 1.807) is 18.2 Å². The maximum absolute atomic E-state index is 13.4. The van der Waals surface area contributed by atoms with Crippen molar-refractivity contribution in [2.45, 2.75) is 44.8 Å². The first-order valence-electron chi connectivity index (χ1n) is 17.2. The number of nitrogens with one attached hydrogen (secondary N) is 1. The van der Waals surface area contributed by atoms with Gasteiger partial charge in [-0.1, -0.05) is 72.8 Å². The predicted octanol–water partition coefficient (Wildman–Crippen LogP) is 7.47. The summed E-state index contributed by atoms with van der Waals surface area (Å²) in [5.74, 6) is -1.52. The van der Waals surface area contributed by atoms with Crippen molar-refractivity contribution in [3.05, 3.63) is 131 Å². The number of carboxylic acid groups (broad SMARTS) is 1. The number of amides is 2. The molecule has 0 saturated heterocycles. The molecule has 0 spiro atoms. The molecule has 5 rings (SSSR count). The van der Waals surface area contributed by atoms with Crippen molar-refractivity contribution < 1.29 is 37.8 Å². The number of hydrogen-bond acceptors (Lipinski definition) is 5. The van der Waals surface area contributed by atoms with Crippen LogP contribution in [0.4, 0.5) is 13.2 Å². The third-order valence-electron chi connectivity index (χ3n) is 8.99. The smallest absolute Gasteiger partial charge is 0.490 e. The quantitative estimate of drug-likeness (QED) is 0.113. The van der Waals surface area contributed by atoms with E-state index in [0.29, 0.717) is 43.5 Å². The van der Waals surface area contributed by atoms with Gasteiger partial charge in [-0.3, -0.25) is 9.59 Å². The second-order valence-electron chi connectivity index (χ2n) is 12.8. The Hall–Kier alpha value is -5.42. The van der Waals surface area contributed by atoms with Crippen LogP contribution < -0.4 is 11.1 Å². The molecule has 0 heterocycles. The van der Waals surface area contributed by atoms with Gasteiger partial charge >= 0.3 is 12.1 Å². The zero-order valence-electron chi connectivity index (χ0n) is 28.8. The molecule has 0 radical (unpaired) electrons. The van der Waals surface area contributed by atoms with Crippen LogP contribution in [0.1, 0.15) is 52.7 Å². The average molecular weight is 716 g/mol. The molecule has 1 aliphatic carbocycles. The Morgan fingerprint density at radius 3 is 2.06 bits per heavy atom. The first-order valence-corrected chi connectivity index (χ1v) is 17.2. The van der Waals surface area contributed by atoms with Crippen molar-refractivity contribution in [2.24, 2.45) is 17.6 Å². The van der Waals surface area contributed by atoms with Crippen LogP contribution in [-0.4, -0.2) is 58.7 Å². The lowest BCUT2D eigenvalue weighted by Crippen LogP contribution is -2.32. The van der Waals surface area contributed by atoms with Gasteiger partial charge in [-0.15, -0.1) is 0 Å². The van der Waals surface area contributed by atoms with Crippen molar-refractivity contribution in [1.29, 1.82) is 0 Å². The summed E-state index contributed by atoms with van der Waals surface area (Å²) >= 11 is 0. The van der Waals surface area contributed by atoms with Gasteiger partial charge in [0, 0.05) is 31.3 Å². The normalized spacial score (nSPS) is 15.7. The number of nitrogens with two attached hydrogens (primary N) is 1. The van der Waals surface area contributed by atoms with Gasteiger partial charge in [0.05, 0.1) is 0 Å². The molecule has 5 N–H and O–H groups in total. The number of halogens is 3. The van der Waals surface area contributed by atoms with Crippen LogP contribution >= 0.6 is 0 Å². The number of carbonyl (C=O) groups excluding carboxylic acids is 2. The monoisotopic (exact) mass is 715 g/mol. The van der Waals surface area contributed by atoms with E-state index in [2.05, 4.69) is 11.4 Å². The molecule has 0 atom stereocenters. The summed E-state index contributed by atoms with van der Waals surface area (Å²) in [7, 11) is 0. The Bertz CT molecular complexity index is 1790. The molecule has 0 aromatic heterocycles. The van der Waals surface area contributed by atoms with Gasteiger partial charge < -0.3 is 26.2 Å². The summed E-state index contributed by atoms with van der Waals surface area (Å²) in [6.45, 7) is 2.42. The van der Waals surface area contributed by atoms with E-state index in [1.807, 2.05) is 95.9 Å². The highest BCUT2D eigenvalue weighted by atomic mass is 19.4. The van der Waals surface area contributed by atoms with Gasteiger partial charge in [0.25, 0.3) is 5.91 Å². The van der Waals surface area contributed by atoms with E-state index in [0.717, 1.165) is 60.0 Å². The highest BCUT2D eigenvalue weighted by molar-refractivity contribution is 5.95. The molecular formula is C41H44F3N3O5. The summed E-state index contributed by atoms with van der Waals surface area (Å²) in [5.41, 5.74) is 11.4. The molecule has 11 heteroatoms. The molecule has 1 saturated carbocycles.